The van der Waals surface area contributed by atoms with Crippen LogP contribution in [0.15, 0.2) is 15.7 Å². The van der Waals surface area contributed by atoms with Crippen molar-refractivity contribution in [1.29, 1.82) is 0 Å². The summed E-state index contributed by atoms with van der Waals surface area (Å²) in [4.78, 5) is 25.4. The average molecular weight is 198 g/mol. The van der Waals surface area contributed by atoms with E-state index in [2.05, 4.69) is 4.98 Å². The molecular weight excluding hydrogens is 184 g/mol. The molecule has 0 unspecified atom stereocenters. The molecule has 14 heavy (non-hydrogen) atoms. The van der Waals surface area contributed by atoms with Gasteiger partial charge in [-0.3, -0.25) is 9.36 Å². The van der Waals surface area contributed by atoms with E-state index in [0.717, 1.165) is 4.57 Å². The highest BCUT2D eigenvalue weighted by atomic mass is 16.3. The lowest BCUT2D eigenvalue weighted by Gasteiger charge is -2.20. The molecule has 0 saturated heterocycles. The van der Waals surface area contributed by atoms with Crippen molar-refractivity contribution in [3.8, 4) is 0 Å². The maximum atomic E-state index is 11.5. The zero-order valence-corrected chi connectivity index (χ0v) is 8.50. The van der Waals surface area contributed by atoms with E-state index in [1.54, 1.807) is 20.8 Å². The highest BCUT2D eigenvalue weighted by molar-refractivity contribution is 4.99. The van der Waals surface area contributed by atoms with Crippen LogP contribution in [0.2, 0.25) is 0 Å². The predicted molar refractivity (Wildman–Crippen MR) is 52.2 cm³/mol. The van der Waals surface area contributed by atoms with Crippen molar-refractivity contribution < 1.29 is 5.11 Å². The number of aromatic nitrogens is 2. The SMILES string of the molecule is CC(C)(C)n1c(=O)cc(CO)[nH]c1=O. The molecule has 0 aromatic carbocycles. The number of nitrogens with zero attached hydrogens (tertiary/aromatic N) is 1. The highest BCUT2D eigenvalue weighted by Crippen LogP contribution is 2.06. The third-order valence-corrected chi connectivity index (χ3v) is 1.83. The van der Waals surface area contributed by atoms with Crippen LogP contribution < -0.4 is 11.2 Å². The zero-order valence-electron chi connectivity index (χ0n) is 8.50. The molecule has 0 saturated carbocycles. The van der Waals surface area contributed by atoms with Gasteiger partial charge in [-0.15, -0.1) is 0 Å². The number of aliphatic hydroxyl groups is 1. The standard InChI is InChI=1S/C9H14N2O3/c1-9(2,3)11-7(13)4-6(5-12)10-8(11)14/h4,12H,5H2,1-3H3,(H,10,14). The van der Waals surface area contributed by atoms with Crippen LogP contribution in [0.1, 0.15) is 26.5 Å². The first-order chi connectivity index (χ1) is 6.36. The van der Waals surface area contributed by atoms with Crippen molar-refractivity contribution >= 4 is 0 Å². The Balaban J connectivity index is 3.49. The minimum atomic E-state index is -0.557. The number of rotatable bonds is 1. The van der Waals surface area contributed by atoms with Crippen molar-refractivity contribution in [2.75, 3.05) is 0 Å². The molecule has 1 heterocycles. The van der Waals surface area contributed by atoms with Crippen LogP contribution in [0.25, 0.3) is 0 Å². The molecule has 0 aliphatic rings. The molecule has 0 radical (unpaired) electrons. The Hall–Kier alpha value is -1.36. The van der Waals surface area contributed by atoms with E-state index in [-0.39, 0.29) is 12.3 Å². The summed E-state index contributed by atoms with van der Waals surface area (Å²) in [5, 5.41) is 8.76. The Labute approximate surface area is 81.0 Å². The van der Waals surface area contributed by atoms with E-state index < -0.39 is 16.8 Å². The van der Waals surface area contributed by atoms with Gasteiger partial charge in [0.25, 0.3) is 5.56 Å². The maximum Gasteiger partial charge on any atom is 0.329 e. The second-order valence-electron chi connectivity index (χ2n) is 4.10. The summed E-state index contributed by atoms with van der Waals surface area (Å²) in [7, 11) is 0. The molecule has 1 aromatic rings. The molecular formula is C9H14N2O3. The second-order valence-corrected chi connectivity index (χ2v) is 4.10. The monoisotopic (exact) mass is 198 g/mol. The molecule has 0 amide bonds. The molecule has 0 spiro atoms. The van der Waals surface area contributed by atoms with E-state index in [0.29, 0.717) is 0 Å². The van der Waals surface area contributed by atoms with Crippen LogP contribution in [-0.4, -0.2) is 14.7 Å². The fraction of sp³-hybridized carbons (Fsp3) is 0.556. The number of nitrogens with one attached hydrogen (secondary N) is 1. The summed E-state index contributed by atoms with van der Waals surface area (Å²) >= 11 is 0. The number of hydrogen-bond acceptors (Lipinski definition) is 3. The van der Waals surface area contributed by atoms with Crippen LogP contribution >= 0.6 is 0 Å². The molecule has 0 aliphatic carbocycles. The first-order valence-electron chi connectivity index (χ1n) is 4.33. The normalized spacial score (nSPS) is 11.7. The summed E-state index contributed by atoms with van der Waals surface area (Å²) in [6, 6.07) is 1.23. The van der Waals surface area contributed by atoms with Gasteiger partial charge in [0.05, 0.1) is 12.3 Å². The molecule has 78 valence electrons. The Kier molecular flexibility index (Phi) is 2.62. The molecule has 1 aromatic heterocycles. The van der Waals surface area contributed by atoms with E-state index >= 15 is 0 Å². The lowest BCUT2D eigenvalue weighted by molar-refractivity contribution is 0.273. The number of H-pyrrole nitrogens is 1. The van der Waals surface area contributed by atoms with Gasteiger partial charge in [-0.2, -0.15) is 0 Å². The van der Waals surface area contributed by atoms with E-state index in [4.69, 9.17) is 5.11 Å². The van der Waals surface area contributed by atoms with Crippen LogP contribution in [-0.2, 0) is 12.1 Å². The average Bonchev–Trinajstić information content (AvgIpc) is 1.99. The van der Waals surface area contributed by atoms with Crippen molar-refractivity contribution in [2.45, 2.75) is 32.9 Å². The molecule has 1 rings (SSSR count). The fourth-order valence-electron chi connectivity index (χ4n) is 1.26. The quantitative estimate of drug-likeness (QED) is 0.655. The fourth-order valence-corrected chi connectivity index (χ4v) is 1.26. The molecule has 0 bridgehead atoms. The Bertz CT molecular complexity index is 405. The zero-order chi connectivity index (χ0) is 10.9. The van der Waals surface area contributed by atoms with Gasteiger partial charge in [-0.25, -0.2) is 4.79 Å². The van der Waals surface area contributed by atoms with Gasteiger partial charge in [0.15, 0.2) is 0 Å². The third-order valence-electron chi connectivity index (χ3n) is 1.83. The van der Waals surface area contributed by atoms with E-state index in [1.807, 2.05) is 0 Å². The van der Waals surface area contributed by atoms with Gasteiger partial charge in [0, 0.05) is 11.6 Å². The molecule has 0 aliphatic heterocycles. The van der Waals surface area contributed by atoms with Gasteiger partial charge in [0.1, 0.15) is 0 Å². The van der Waals surface area contributed by atoms with Crippen molar-refractivity contribution in [2.24, 2.45) is 0 Å². The topological polar surface area (TPSA) is 75.1 Å². The van der Waals surface area contributed by atoms with E-state index in [9.17, 15) is 9.59 Å². The number of hydrogen-bond donors (Lipinski definition) is 2. The van der Waals surface area contributed by atoms with Crippen LogP contribution in [0.4, 0.5) is 0 Å². The maximum absolute atomic E-state index is 11.5. The van der Waals surface area contributed by atoms with Gasteiger partial charge < -0.3 is 10.1 Å². The van der Waals surface area contributed by atoms with Gasteiger partial charge >= 0.3 is 5.69 Å². The highest BCUT2D eigenvalue weighted by Gasteiger charge is 2.17. The lowest BCUT2D eigenvalue weighted by atomic mass is 10.1. The minimum absolute atomic E-state index is 0.237. The molecule has 0 fully saturated rings. The van der Waals surface area contributed by atoms with Gasteiger partial charge in [0.2, 0.25) is 0 Å². The summed E-state index contributed by atoms with van der Waals surface area (Å²) in [6.07, 6.45) is 0. The molecule has 2 N–H and O–H groups in total. The molecule has 0 atom stereocenters. The first kappa shape index (κ1) is 10.7. The van der Waals surface area contributed by atoms with Crippen LogP contribution in [0.3, 0.4) is 0 Å². The summed E-state index contributed by atoms with van der Waals surface area (Å²) < 4.78 is 1.12. The summed E-state index contributed by atoms with van der Waals surface area (Å²) in [6.45, 7) is 4.96. The van der Waals surface area contributed by atoms with Crippen molar-refractivity contribution in [3.05, 3.63) is 32.6 Å². The minimum Gasteiger partial charge on any atom is -0.390 e. The molecule has 5 nitrogen and oxygen atoms in total. The van der Waals surface area contributed by atoms with Crippen LogP contribution in [0, 0.1) is 0 Å². The molecule has 5 heteroatoms. The Morgan fingerprint density at radius 2 is 2.00 bits per heavy atom. The van der Waals surface area contributed by atoms with Crippen molar-refractivity contribution in [1.82, 2.24) is 9.55 Å². The number of aliphatic hydroxyl groups excluding tert-OH is 1. The van der Waals surface area contributed by atoms with Crippen LogP contribution in [0.5, 0.6) is 0 Å². The van der Waals surface area contributed by atoms with E-state index in [1.165, 1.54) is 6.07 Å². The summed E-state index contributed by atoms with van der Waals surface area (Å²) in [5.74, 6) is 0. The Morgan fingerprint density at radius 1 is 1.43 bits per heavy atom. The largest absolute Gasteiger partial charge is 0.390 e. The third kappa shape index (κ3) is 1.93. The van der Waals surface area contributed by atoms with Gasteiger partial charge in [-0.05, 0) is 20.8 Å². The van der Waals surface area contributed by atoms with Crippen molar-refractivity contribution in [3.63, 3.8) is 0 Å². The summed E-state index contributed by atoms with van der Waals surface area (Å²) in [5.41, 5.74) is -1.21. The second kappa shape index (κ2) is 3.42. The predicted octanol–water partition coefficient (Wildman–Crippen LogP) is -0.216. The van der Waals surface area contributed by atoms with Gasteiger partial charge in [-0.1, -0.05) is 0 Å². The Morgan fingerprint density at radius 3 is 2.36 bits per heavy atom. The lowest BCUT2D eigenvalue weighted by Crippen LogP contribution is -2.44. The number of aromatic amines is 1. The first-order valence-corrected chi connectivity index (χ1v) is 4.33. The smallest absolute Gasteiger partial charge is 0.329 e.